The maximum absolute atomic E-state index is 13.1. The number of hydrogen-bond donors (Lipinski definition) is 2. The molecule has 0 saturated heterocycles. The molecular weight excluding hydrogens is 370 g/mol. The van der Waals surface area contributed by atoms with Crippen molar-refractivity contribution in [2.24, 2.45) is 5.73 Å². The fourth-order valence-electron chi connectivity index (χ4n) is 4.17. The second-order valence-electron chi connectivity index (χ2n) is 6.78. The van der Waals surface area contributed by atoms with Gasteiger partial charge in [-0.15, -0.1) is 0 Å². The van der Waals surface area contributed by atoms with E-state index in [2.05, 4.69) is 0 Å². The molecule has 6 heteroatoms. The van der Waals surface area contributed by atoms with Gasteiger partial charge >= 0.3 is 11.9 Å². The van der Waals surface area contributed by atoms with E-state index in [-0.39, 0.29) is 16.7 Å². The maximum Gasteiger partial charge on any atom is 0.340 e. The van der Waals surface area contributed by atoms with Gasteiger partial charge in [0.25, 0.3) is 0 Å². The van der Waals surface area contributed by atoms with Gasteiger partial charge in [-0.3, -0.25) is 0 Å². The topological polar surface area (TPSA) is 98.9 Å². The number of ether oxygens (including phenoxy) is 2. The summed E-state index contributed by atoms with van der Waals surface area (Å²) in [5.41, 5.74) is 6.49. The van der Waals surface area contributed by atoms with Gasteiger partial charge in [-0.2, -0.15) is 0 Å². The average molecular weight is 385 g/mol. The number of carboxylic acid groups (broad SMARTS) is 1. The first-order valence-corrected chi connectivity index (χ1v) is 8.97. The lowest BCUT2D eigenvalue weighted by Gasteiger charge is -2.36. The minimum atomic E-state index is -1.23. The molecule has 3 aromatic carbocycles. The molecule has 0 saturated carbocycles. The Bertz CT molecular complexity index is 1180. The predicted molar refractivity (Wildman–Crippen MR) is 104 cm³/mol. The third-order valence-corrected chi connectivity index (χ3v) is 5.33. The van der Waals surface area contributed by atoms with Crippen molar-refractivity contribution in [3.8, 4) is 11.5 Å². The van der Waals surface area contributed by atoms with Crippen LogP contribution in [0.1, 0.15) is 32.6 Å². The molecule has 0 bridgehead atoms. The molecule has 0 fully saturated rings. The number of esters is 1. The minimum Gasteiger partial charge on any atom is -0.478 e. The minimum absolute atomic E-state index is 0.163. The van der Waals surface area contributed by atoms with Crippen LogP contribution in [0.25, 0.3) is 5.57 Å². The van der Waals surface area contributed by atoms with Crippen LogP contribution in [0.5, 0.6) is 11.5 Å². The van der Waals surface area contributed by atoms with Crippen molar-refractivity contribution in [1.29, 1.82) is 0 Å². The summed E-state index contributed by atoms with van der Waals surface area (Å²) >= 11 is 0. The molecule has 5 rings (SSSR count). The summed E-state index contributed by atoms with van der Waals surface area (Å²) in [6.45, 7) is 0. The molecule has 0 radical (unpaired) electrons. The highest BCUT2D eigenvalue weighted by molar-refractivity contribution is 6.18. The molecule has 1 spiro atoms. The van der Waals surface area contributed by atoms with Crippen LogP contribution in [-0.4, -0.2) is 17.0 Å². The lowest BCUT2D eigenvalue weighted by Crippen LogP contribution is -2.32. The summed E-state index contributed by atoms with van der Waals surface area (Å²) in [5, 5.41) is 9.54. The fraction of sp³-hybridized carbons (Fsp3) is 0.0435. The van der Waals surface area contributed by atoms with Crippen LogP contribution in [0.3, 0.4) is 0 Å². The molecule has 29 heavy (non-hydrogen) atoms. The summed E-state index contributed by atoms with van der Waals surface area (Å²) < 4.78 is 12.1. The van der Waals surface area contributed by atoms with E-state index >= 15 is 0 Å². The number of benzene rings is 3. The van der Waals surface area contributed by atoms with Gasteiger partial charge in [-0.25, -0.2) is 9.59 Å². The summed E-state index contributed by atoms with van der Waals surface area (Å²) in [7, 11) is 0. The molecule has 142 valence electrons. The normalized spacial score (nSPS) is 15.7. The Morgan fingerprint density at radius 2 is 1.48 bits per heavy atom. The number of rotatable bonds is 2. The number of fused-ring (bicyclic) bond motifs is 6. The van der Waals surface area contributed by atoms with Gasteiger partial charge in [0.15, 0.2) is 5.60 Å². The van der Waals surface area contributed by atoms with Crippen LogP contribution in [-0.2, 0) is 15.1 Å². The molecule has 2 aliphatic heterocycles. The Balaban J connectivity index is 1.88. The van der Waals surface area contributed by atoms with Crippen LogP contribution in [0.15, 0.2) is 72.9 Å². The lowest BCUT2D eigenvalue weighted by atomic mass is 9.77. The zero-order valence-electron chi connectivity index (χ0n) is 15.1. The van der Waals surface area contributed by atoms with E-state index in [0.29, 0.717) is 28.2 Å². The molecule has 0 atom stereocenters. The number of hydrogen-bond acceptors (Lipinski definition) is 5. The Kier molecular flexibility index (Phi) is 3.51. The summed E-state index contributed by atoms with van der Waals surface area (Å²) in [5.74, 6) is -0.680. The summed E-state index contributed by atoms with van der Waals surface area (Å²) in [6.07, 6.45) is 0.988. The molecule has 2 heterocycles. The molecule has 0 aliphatic carbocycles. The SMILES string of the molecule is NC=C(C(=O)O)c1cccc2c1C(=O)OC21c2ccccc2Oc2ccccc21. The first-order chi connectivity index (χ1) is 14.1. The Labute approximate surface area is 165 Å². The first-order valence-electron chi connectivity index (χ1n) is 8.97. The first kappa shape index (κ1) is 17.1. The van der Waals surface area contributed by atoms with Crippen molar-refractivity contribution in [3.05, 3.63) is 101 Å². The predicted octanol–water partition coefficient (Wildman–Crippen LogP) is 3.64. The van der Waals surface area contributed by atoms with Crippen molar-refractivity contribution in [2.45, 2.75) is 5.60 Å². The number of carboxylic acids is 1. The van der Waals surface area contributed by atoms with E-state index in [9.17, 15) is 14.7 Å². The van der Waals surface area contributed by atoms with E-state index in [0.717, 1.165) is 6.20 Å². The molecule has 0 unspecified atom stereocenters. The second kappa shape index (κ2) is 5.97. The van der Waals surface area contributed by atoms with E-state index in [1.807, 2.05) is 48.5 Å². The van der Waals surface area contributed by atoms with Gasteiger partial charge in [0, 0.05) is 28.5 Å². The van der Waals surface area contributed by atoms with Gasteiger partial charge in [0.2, 0.25) is 0 Å². The van der Waals surface area contributed by atoms with Gasteiger partial charge in [-0.05, 0) is 12.1 Å². The molecule has 3 N–H and O–H groups in total. The van der Waals surface area contributed by atoms with Crippen molar-refractivity contribution in [1.82, 2.24) is 0 Å². The molecule has 6 nitrogen and oxygen atoms in total. The van der Waals surface area contributed by atoms with E-state index in [1.165, 1.54) is 0 Å². The summed E-state index contributed by atoms with van der Waals surface area (Å²) in [4.78, 5) is 24.8. The molecule has 3 aromatic rings. The van der Waals surface area contributed by atoms with Gasteiger partial charge in [-0.1, -0.05) is 54.6 Å². The van der Waals surface area contributed by atoms with Crippen molar-refractivity contribution < 1.29 is 24.2 Å². The van der Waals surface area contributed by atoms with Crippen LogP contribution in [0.2, 0.25) is 0 Å². The molecule has 0 amide bonds. The smallest absolute Gasteiger partial charge is 0.340 e. The van der Waals surface area contributed by atoms with E-state index in [1.54, 1.807) is 18.2 Å². The highest BCUT2D eigenvalue weighted by atomic mass is 16.6. The number of carbonyl (C=O) groups excluding carboxylic acids is 1. The van der Waals surface area contributed by atoms with E-state index < -0.39 is 17.5 Å². The zero-order valence-corrected chi connectivity index (χ0v) is 15.1. The Morgan fingerprint density at radius 1 is 0.897 bits per heavy atom. The van der Waals surface area contributed by atoms with Crippen LogP contribution < -0.4 is 10.5 Å². The number of aliphatic carboxylic acids is 1. The molecule has 2 aliphatic rings. The van der Waals surface area contributed by atoms with Crippen LogP contribution in [0, 0.1) is 0 Å². The standard InChI is InChI=1S/C23H15NO5/c24-12-14(21(25)26)13-6-5-9-17-20(13)22(27)29-23(17)15-7-1-3-10-18(15)28-19-11-4-2-8-16(19)23/h1-12H,24H2,(H,25,26). The zero-order chi connectivity index (χ0) is 20.2. The number of para-hydroxylation sites is 2. The maximum atomic E-state index is 13.1. The van der Waals surface area contributed by atoms with Crippen LogP contribution in [0.4, 0.5) is 0 Å². The molecular formula is C23H15NO5. The fourth-order valence-corrected chi connectivity index (χ4v) is 4.17. The quantitative estimate of drug-likeness (QED) is 0.516. The average Bonchev–Trinajstić information content (AvgIpc) is 3.03. The second-order valence-corrected chi connectivity index (χ2v) is 6.78. The largest absolute Gasteiger partial charge is 0.478 e. The van der Waals surface area contributed by atoms with Crippen molar-refractivity contribution in [2.75, 3.05) is 0 Å². The van der Waals surface area contributed by atoms with Crippen molar-refractivity contribution in [3.63, 3.8) is 0 Å². The van der Waals surface area contributed by atoms with Crippen molar-refractivity contribution >= 4 is 17.5 Å². The third kappa shape index (κ3) is 2.17. The monoisotopic (exact) mass is 385 g/mol. The number of nitrogens with two attached hydrogens (primary N) is 1. The Hall–Kier alpha value is -4.06. The highest BCUT2D eigenvalue weighted by Crippen LogP contribution is 2.56. The Morgan fingerprint density at radius 3 is 2.07 bits per heavy atom. The molecule has 0 aromatic heterocycles. The summed E-state index contributed by atoms with van der Waals surface area (Å²) in [6, 6.07) is 19.7. The van der Waals surface area contributed by atoms with Gasteiger partial charge in [0.05, 0.1) is 11.1 Å². The highest BCUT2D eigenvalue weighted by Gasteiger charge is 2.54. The lowest BCUT2D eigenvalue weighted by molar-refractivity contribution is -0.130. The van der Waals surface area contributed by atoms with Gasteiger partial charge < -0.3 is 20.3 Å². The van der Waals surface area contributed by atoms with Gasteiger partial charge in [0.1, 0.15) is 11.5 Å². The van der Waals surface area contributed by atoms with Crippen LogP contribution >= 0.6 is 0 Å². The third-order valence-electron chi connectivity index (χ3n) is 5.33. The van der Waals surface area contributed by atoms with E-state index in [4.69, 9.17) is 15.2 Å². The number of carbonyl (C=O) groups is 2.